The summed E-state index contributed by atoms with van der Waals surface area (Å²) in [7, 11) is 0. The lowest BCUT2D eigenvalue weighted by atomic mass is 10.2. The Morgan fingerprint density at radius 1 is 1.55 bits per heavy atom. The summed E-state index contributed by atoms with van der Waals surface area (Å²) < 4.78 is 0.824. The fourth-order valence-electron chi connectivity index (χ4n) is 0.765. The van der Waals surface area contributed by atoms with Crippen LogP contribution in [0.2, 0.25) is 0 Å². The van der Waals surface area contributed by atoms with Crippen molar-refractivity contribution in [3.8, 4) is 0 Å². The smallest absolute Gasteiger partial charge is 0.113 e. The van der Waals surface area contributed by atoms with Crippen molar-refractivity contribution in [1.82, 2.24) is 0 Å². The zero-order chi connectivity index (χ0) is 8.27. The first-order valence-electron chi connectivity index (χ1n) is 2.96. The Morgan fingerprint density at radius 2 is 2.27 bits per heavy atom. The van der Waals surface area contributed by atoms with Crippen molar-refractivity contribution in [3.63, 3.8) is 0 Å². The highest BCUT2D eigenvalue weighted by Gasteiger charge is 2.04. The summed E-state index contributed by atoms with van der Waals surface area (Å²) in [5.74, 6) is 0.294. The Kier molecular flexibility index (Phi) is 3.02. The fourth-order valence-corrected chi connectivity index (χ4v) is 1.70. The molecule has 0 saturated heterocycles. The van der Waals surface area contributed by atoms with E-state index in [1.807, 2.05) is 6.07 Å². The predicted molar refractivity (Wildman–Crippen MR) is 49.2 cm³/mol. The van der Waals surface area contributed by atoms with E-state index < -0.39 is 0 Å². The van der Waals surface area contributed by atoms with E-state index in [2.05, 4.69) is 21.1 Å². The molecule has 1 aromatic rings. The molecule has 4 heteroatoms. The molecule has 1 rings (SSSR count). The molecule has 0 spiro atoms. The largest absolute Gasteiger partial charge is 0.145 e. The van der Waals surface area contributed by atoms with Crippen LogP contribution in [0, 0.1) is 4.91 Å². The molecule has 0 fully saturated rings. The molecule has 2 nitrogen and oxygen atoms in total. The van der Waals surface area contributed by atoms with Gasteiger partial charge in [-0.25, -0.2) is 0 Å². The van der Waals surface area contributed by atoms with Crippen molar-refractivity contribution in [2.24, 2.45) is 5.18 Å². The summed E-state index contributed by atoms with van der Waals surface area (Å²) in [4.78, 5) is 10.2. The first-order valence-corrected chi connectivity index (χ1v) is 4.29. The van der Waals surface area contributed by atoms with Gasteiger partial charge in [0, 0.05) is 10.0 Å². The van der Waals surface area contributed by atoms with Crippen molar-refractivity contribution in [1.29, 1.82) is 0 Å². The Bertz CT molecular complexity index is 277. The minimum absolute atomic E-state index is 0.294. The molecule has 1 aromatic carbocycles. The molecule has 0 saturated carbocycles. The second kappa shape index (κ2) is 3.83. The van der Waals surface area contributed by atoms with Crippen LogP contribution in [0.25, 0.3) is 0 Å². The van der Waals surface area contributed by atoms with E-state index in [1.165, 1.54) is 0 Å². The van der Waals surface area contributed by atoms with Gasteiger partial charge in [-0.05, 0) is 17.3 Å². The summed E-state index contributed by atoms with van der Waals surface area (Å²) in [5, 5.41) is 2.84. The van der Waals surface area contributed by atoms with Gasteiger partial charge in [-0.15, -0.1) is 16.5 Å². The monoisotopic (exact) mass is 233 g/mol. The Morgan fingerprint density at radius 3 is 2.73 bits per heavy atom. The van der Waals surface area contributed by atoms with Crippen LogP contribution in [0.1, 0.15) is 5.56 Å². The quantitative estimate of drug-likeness (QED) is 0.568. The van der Waals surface area contributed by atoms with Crippen molar-refractivity contribution in [2.75, 3.05) is 0 Å². The molecule has 0 aliphatic heterocycles. The van der Waals surface area contributed by atoms with Crippen LogP contribution in [0.15, 0.2) is 27.8 Å². The van der Waals surface area contributed by atoms with E-state index in [0.29, 0.717) is 11.6 Å². The molecule has 58 valence electrons. The predicted octanol–water partition coefficient (Wildman–Crippen LogP) is 3.59. The van der Waals surface area contributed by atoms with Gasteiger partial charge < -0.3 is 0 Å². The minimum atomic E-state index is 0.294. The number of rotatable bonds is 2. The average molecular weight is 234 g/mol. The van der Waals surface area contributed by atoms with Crippen LogP contribution in [0.5, 0.6) is 0 Å². The van der Waals surface area contributed by atoms with E-state index >= 15 is 0 Å². The van der Waals surface area contributed by atoms with E-state index in [4.69, 9.17) is 11.6 Å². The lowest BCUT2D eigenvalue weighted by Crippen LogP contribution is -1.80. The minimum Gasteiger partial charge on any atom is -0.145 e. The second-order valence-corrected chi connectivity index (χ2v) is 3.08. The van der Waals surface area contributed by atoms with Gasteiger partial charge in [-0.1, -0.05) is 22.0 Å². The van der Waals surface area contributed by atoms with Crippen molar-refractivity contribution in [2.45, 2.75) is 5.88 Å². The Hall–Kier alpha value is -0.410. The molecule has 0 N–H and O–H groups in total. The number of halogens is 2. The van der Waals surface area contributed by atoms with Gasteiger partial charge in [0.15, 0.2) is 0 Å². The highest BCUT2D eigenvalue weighted by molar-refractivity contribution is 9.10. The molecular formula is C7H5BrClNO. The fraction of sp³-hybridized carbons (Fsp3) is 0.143. The van der Waals surface area contributed by atoms with Gasteiger partial charge >= 0.3 is 0 Å². The maximum atomic E-state index is 10.2. The summed E-state index contributed by atoms with van der Waals surface area (Å²) in [5.41, 5.74) is 1.14. The average Bonchev–Trinajstić information content (AvgIpc) is 2.04. The van der Waals surface area contributed by atoms with Crippen LogP contribution < -0.4 is 0 Å². The number of nitrogens with zero attached hydrogens (tertiary/aromatic N) is 1. The van der Waals surface area contributed by atoms with Gasteiger partial charge in [0.25, 0.3) is 0 Å². The van der Waals surface area contributed by atoms with E-state index in [1.54, 1.807) is 12.1 Å². The van der Waals surface area contributed by atoms with Crippen LogP contribution in [-0.4, -0.2) is 0 Å². The molecule has 0 heterocycles. The summed E-state index contributed by atoms with van der Waals surface area (Å²) in [6, 6.07) is 5.21. The third kappa shape index (κ3) is 1.79. The van der Waals surface area contributed by atoms with Crippen molar-refractivity contribution in [3.05, 3.63) is 33.1 Å². The standard InChI is InChI=1S/C7H5BrClNO/c8-6-2-1-3-7(10-11)5(6)4-9/h1-3H,4H2. The molecule has 0 bridgehead atoms. The molecular weight excluding hydrogens is 229 g/mol. The number of hydrogen-bond acceptors (Lipinski definition) is 2. The second-order valence-electron chi connectivity index (χ2n) is 1.96. The van der Waals surface area contributed by atoms with Crippen LogP contribution in [-0.2, 0) is 5.88 Å². The normalized spacial score (nSPS) is 9.64. The van der Waals surface area contributed by atoms with Gasteiger partial charge in [-0.3, -0.25) is 0 Å². The number of alkyl halides is 1. The van der Waals surface area contributed by atoms with Crippen molar-refractivity contribution >= 4 is 33.2 Å². The van der Waals surface area contributed by atoms with Gasteiger partial charge in [0.1, 0.15) is 5.69 Å². The summed E-state index contributed by atoms with van der Waals surface area (Å²) >= 11 is 8.85. The third-order valence-electron chi connectivity index (χ3n) is 1.33. The molecule has 0 unspecified atom stereocenters. The number of nitroso groups, excluding NO2 is 1. The van der Waals surface area contributed by atoms with E-state index in [-0.39, 0.29) is 0 Å². The highest BCUT2D eigenvalue weighted by atomic mass is 79.9. The van der Waals surface area contributed by atoms with E-state index in [9.17, 15) is 4.91 Å². The van der Waals surface area contributed by atoms with Crippen molar-refractivity contribution < 1.29 is 0 Å². The Balaban J connectivity index is 3.23. The molecule has 11 heavy (non-hydrogen) atoms. The first kappa shape index (κ1) is 8.68. The molecule has 0 aliphatic carbocycles. The maximum Gasteiger partial charge on any atom is 0.113 e. The van der Waals surface area contributed by atoms with Crippen LogP contribution >= 0.6 is 27.5 Å². The Labute approximate surface area is 77.7 Å². The molecule has 0 atom stereocenters. The topological polar surface area (TPSA) is 29.4 Å². The van der Waals surface area contributed by atoms with Crippen LogP contribution in [0.3, 0.4) is 0 Å². The lowest BCUT2D eigenvalue weighted by molar-refractivity contribution is 1.32. The highest BCUT2D eigenvalue weighted by Crippen LogP contribution is 2.27. The molecule has 0 aromatic heterocycles. The number of hydrogen-bond donors (Lipinski definition) is 0. The molecule has 0 aliphatic rings. The zero-order valence-electron chi connectivity index (χ0n) is 5.55. The van der Waals surface area contributed by atoms with Gasteiger partial charge in [-0.2, -0.15) is 0 Å². The summed E-state index contributed by atoms with van der Waals surface area (Å²) in [6.45, 7) is 0. The zero-order valence-corrected chi connectivity index (χ0v) is 7.89. The SMILES string of the molecule is O=Nc1cccc(Br)c1CCl. The first-order chi connectivity index (χ1) is 5.29. The third-order valence-corrected chi connectivity index (χ3v) is 2.34. The maximum absolute atomic E-state index is 10.2. The van der Waals surface area contributed by atoms with Crippen LogP contribution in [0.4, 0.5) is 5.69 Å². The molecule has 0 radical (unpaired) electrons. The lowest BCUT2D eigenvalue weighted by Gasteiger charge is -2.00. The number of benzene rings is 1. The van der Waals surface area contributed by atoms with E-state index in [0.717, 1.165) is 10.0 Å². The van der Waals surface area contributed by atoms with Gasteiger partial charge in [0.05, 0.1) is 5.88 Å². The van der Waals surface area contributed by atoms with Gasteiger partial charge in [0.2, 0.25) is 0 Å². The summed E-state index contributed by atoms with van der Waals surface area (Å²) in [6.07, 6.45) is 0. The molecule has 0 amide bonds.